The summed E-state index contributed by atoms with van der Waals surface area (Å²) in [6.07, 6.45) is 3.68. The SMILES string of the molecule is CC(=O)NC1=NC(=O)C(=Cc2cn(Cc3ccc(F)cc3Cl)c3ccccc23)S1. The molecule has 146 valence electrons. The van der Waals surface area contributed by atoms with Gasteiger partial charge >= 0.3 is 0 Å². The van der Waals surface area contributed by atoms with Gasteiger partial charge in [0, 0.05) is 41.2 Å². The third-order valence-corrected chi connectivity index (χ3v) is 5.62. The first-order chi connectivity index (χ1) is 13.9. The lowest BCUT2D eigenvalue weighted by molar-refractivity contribution is -0.117. The van der Waals surface area contributed by atoms with Crippen molar-refractivity contribution in [2.24, 2.45) is 4.99 Å². The zero-order valence-electron chi connectivity index (χ0n) is 15.3. The predicted octanol–water partition coefficient (Wildman–Crippen LogP) is 4.59. The molecular formula is C21H15ClFN3O2S. The lowest BCUT2D eigenvalue weighted by atomic mass is 10.1. The van der Waals surface area contributed by atoms with E-state index >= 15 is 0 Å². The van der Waals surface area contributed by atoms with Crippen molar-refractivity contribution in [3.63, 3.8) is 0 Å². The summed E-state index contributed by atoms with van der Waals surface area (Å²) >= 11 is 7.31. The fraction of sp³-hybridized carbons (Fsp3) is 0.0952. The number of carbonyl (C=O) groups is 2. The maximum absolute atomic E-state index is 13.3. The molecule has 8 heteroatoms. The van der Waals surface area contributed by atoms with Crippen LogP contribution in [0.25, 0.3) is 17.0 Å². The van der Waals surface area contributed by atoms with Crippen LogP contribution in [0.4, 0.5) is 4.39 Å². The van der Waals surface area contributed by atoms with Gasteiger partial charge in [-0.2, -0.15) is 4.99 Å². The van der Waals surface area contributed by atoms with Crippen molar-refractivity contribution in [1.29, 1.82) is 0 Å². The monoisotopic (exact) mass is 427 g/mol. The Bertz CT molecular complexity index is 1220. The van der Waals surface area contributed by atoms with Crippen LogP contribution in [0.1, 0.15) is 18.1 Å². The molecule has 4 rings (SSSR count). The summed E-state index contributed by atoms with van der Waals surface area (Å²) in [6.45, 7) is 1.82. The summed E-state index contributed by atoms with van der Waals surface area (Å²) in [6, 6.07) is 12.1. The van der Waals surface area contributed by atoms with E-state index < -0.39 is 5.91 Å². The number of fused-ring (bicyclic) bond motifs is 1. The number of aromatic nitrogens is 1. The zero-order chi connectivity index (χ0) is 20.5. The molecule has 29 heavy (non-hydrogen) atoms. The van der Waals surface area contributed by atoms with Gasteiger partial charge in [-0.05, 0) is 41.6 Å². The molecular weight excluding hydrogens is 413 g/mol. The van der Waals surface area contributed by atoms with E-state index in [4.69, 9.17) is 11.6 Å². The summed E-state index contributed by atoms with van der Waals surface area (Å²) in [4.78, 5) is 27.7. The molecule has 1 N–H and O–H groups in total. The van der Waals surface area contributed by atoms with Crippen molar-refractivity contribution in [3.05, 3.63) is 75.5 Å². The first-order valence-electron chi connectivity index (χ1n) is 8.72. The van der Waals surface area contributed by atoms with Crippen LogP contribution in [0, 0.1) is 5.82 Å². The highest BCUT2D eigenvalue weighted by Crippen LogP contribution is 2.31. The molecule has 1 aliphatic rings. The molecule has 0 fully saturated rings. The second kappa shape index (κ2) is 7.85. The van der Waals surface area contributed by atoms with Crippen LogP contribution in [0.15, 0.2) is 58.6 Å². The maximum Gasteiger partial charge on any atom is 0.286 e. The Morgan fingerprint density at radius 1 is 1.31 bits per heavy atom. The minimum absolute atomic E-state index is 0.274. The highest BCUT2D eigenvalue weighted by atomic mass is 35.5. The topological polar surface area (TPSA) is 63.5 Å². The first kappa shape index (κ1) is 19.4. The van der Waals surface area contributed by atoms with E-state index in [-0.39, 0.29) is 16.9 Å². The average Bonchev–Trinajstić information content (AvgIpc) is 3.18. The molecule has 1 aliphatic heterocycles. The van der Waals surface area contributed by atoms with Crippen molar-refractivity contribution < 1.29 is 14.0 Å². The third-order valence-electron chi connectivity index (χ3n) is 4.37. The lowest BCUT2D eigenvalue weighted by Gasteiger charge is -2.07. The van der Waals surface area contributed by atoms with E-state index in [0.717, 1.165) is 33.8 Å². The molecule has 0 saturated carbocycles. The first-order valence-corrected chi connectivity index (χ1v) is 9.92. The number of para-hydroxylation sites is 1. The largest absolute Gasteiger partial charge is 0.342 e. The number of nitrogens with one attached hydrogen (secondary N) is 1. The summed E-state index contributed by atoms with van der Waals surface area (Å²) < 4.78 is 15.3. The number of hydrogen-bond acceptors (Lipinski definition) is 3. The molecule has 2 aromatic carbocycles. The molecule has 0 aliphatic carbocycles. The Hall–Kier alpha value is -2.90. The van der Waals surface area contributed by atoms with Crippen LogP contribution in [-0.2, 0) is 16.1 Å². The number of amides is 2. The Labute approximate surface area is 175 Å². The molecule has 0 atom stereocenters. The van der Waals surface area contributed by atoms with Crippen molar-refractivity contribution in [1.82, 2.24) is 9.88 Å². The Morgan fingerprint density at radius 2 is 2.10 bits per heavy atom. The van der Waals surface area contributed by atoms with Gasteiger partial charge in [0.1, 0.15) is 5.82 Å². The highest BCUT2D eigenvalue weighted by molar-refractivity contribution is 8.18. The summed E-state index contributed by atoms with van der Waals surface area (Å²) in [5, 5.41) is 4.13. The van der Waals surface area contributed by atoms with Crippen molar-refractivity contribution in [2.75, 3.05) is 0 Å². The van der Waals surface area contributed by atoms with Gasteiger partial charge in [0.15, 0.2) is 5.17 Å². The summed E-state index contributed by atoms with van der Waals surface area (Å²) in [5.41, 5.74) is 2.59. The standard InChI is InChI=1S/C21H15ClFN3O2S/c1-12(27)24-21-25-20(28)19(29-21)8-14-11-26(18-5-3-2-4-16(14)18)10-13-6-7-15(23)9-17(13)22/h2-9,11H,10H2,1H3,(H,24,25,27,28). The smallest absolute Gasteiger partial charge is 0.286 e. The highest BCUT2D eigenvalue weighted by Gasteiger charge is 2.23. The fourth-order valence-corrected chi connectivity index (χ4v) is 4.19. The van der Waals surface area contributed by atoms with Gasteiger partial charge in [-0.15, -0.1) is 0 Å². The maximum atomic E-state index is 13.3. The van der Waals surface area contributed by atoms with Crippen LogP contribution in [0.5, 0.6) is 0 Å². The minimum Gasteiger partial charge on any atom is -0.342 e. The second-order valence-electron chi connectivity index (χ2n) is 6.48. The molecule has 1 aromatic heterocycles. The summed E-state index contributed by atoms with van der Waals surface area (Å²) in [7, 11) is 0. The lowest BCUT2D eigenvalue weighted by Crippen LogP contribution is -2.23. The van der Waals surface area contributed by atoms with E-state index in [0.29, 0.717) is 16.5 Å². The molecule has 0 saturated heterocycles. The quantitative estimate of drug-likeness (QED) is 0.622. The third kappa shape index (κ3) is 4.11. The van der Waals surface area contributed by atoms with Crippen LogP contribution >= 0.6 is 23.4 Å². The number of aliphatic imine (C=N–C) groups is 1. The molecule has 0 bridgehead atoms. The van der Waals surface area contributed by atoms with Gasteiger partial charge in [-0.1, -0.05) is 35.9 Å². The summed E-state index contributed by atoms with van der Waals surface area (Å²) in [5.74, 6) is -1.05. The van der Waals surface area contributed by atoms with Crippen LogP contribution in [0.3, 0.4) is 0 Å². The number of benzene rings is 2. The van der Waals surface area contributed by atoms with Gasteiger partial charge in [0.2, 0.25) is 5.91 Å². The molecule has 0 radical (unpaired) electrons. The number of hydrogen-bond donors (Lipinski definition) is 1. The molecule has 2 heterocycles. The zero-order valence-corrected chi connectivity index (χ0v) is 16.9. The van der Waals surface area contributed by atoms with E-state index in [1.165, 1.54) is 19.1 Å². The van der Waals surface area contributed by atoms with Crippen molar-refractivity contribution in [3.8, 4) is 0 Å². The Morgan fingerprint density at radius 3 is 2.86 bits per heavy atom. The van der Waals surface area contributed by atoms with Crippen LogP contribution < -0.4 is 5.32 Å². The Kier molecular flexibility index (Phi) is 5.25. The normalized spacial score (nSPS) is 15.2. The average molecular weight is 428 g/mol. The Balaban J connectivity index is 1.70. The predicted molar refractivity (Wildman–Crippen MR) is 114 cm³/mol. The van der Waals surface area contributed by atoms with Gasteiger partial charge in [-0.3, -0.25) is 9.59 Å². The molecule has 5 nitrogen and oxygen atoms in total. The van der Waals surface area contributed by atoms with Gasteiger partial charge < -0.3 is 9.88 Å². The van der Waals surface area contributed by atoms with Crippen molar-refractivity contribution in [2.45, 2.75) is 13.5 Å². The molecule has 2 amide bonds. The van der Waals surface area contributed by atoms with Gasteiger partial charge in [0.05, 0.1) is 4.91 Å². The van der Waals surface area contributed by atoms with Gasteiger partial charge in [-0.25, -0.2) is 4.39 Å². The van der Waals surface area contributed by atoms with E-state index in [1.54, 1.807) is 12.1 Å². The van der Waals surface area contributed by atoms with Gasteiger partial charge in [0.25, 0.3) is 5.91 Å². The number of nitrogens with zero attached hydrogens (tertiary/aromatic N) is 2. The van der Waals surface area contributed by atoms with Crippen molar-refractivity contribution >= 4 is 57.3 Å². The molecule has 0 unspecified atom stereocenters. The minimum atomic E-state index is -0.392. The van der Waals surface area contributed by atoms with Crippen LogP contribution in [0.2, 0.25) is 5.02 Å². The number of rotatable bonds is 3. The molecule has 3 aromatic rings. The second-order valence-corrected chi connectivity index (χ2v) is 7.92. The number of thioether (sulfide) groups is 1. The number of carbonyl (C=O) groups excluding carboxylic acids is 2. The van der Waals surface area contributed by atoms with Crippen LogP contribution in [-0.4, -0.2) is 21.5 Å². The van der Waals surface area contributed by atoms with E-state index in [2.05, 4.69) is 10.3 Å². The number of amidine groups is 1. The fourth-order valence-electron chi connectivity index (χ4n) is 3.11. The van der Waals surface area contributed by atoms with E-state index in [1.807, 2.05) is 35.0 Å². The van der Waals surface area contributed by atoms with E-state index in [9.17, 15) is 14.0 Å². The number of halogens is 2. The molecule has 0 spiro atoms.